The molecule has 0 aliphatic carbocycles. The second-order valence-corrected chi connectivity index (χ2v) is 5.52. The molecule has 3 rings (SSSR count). The molecule has 1 aromatic carbocycles. The first-order valence-corrected chi connectivity index (χ1v) is 8.18. The number of piperazine rings is 1. The molecule has 0 spiro atoms. The van der Waals surface area contributed by atoms with Gasteiger partial charge in [-0.05, 0) is 25.1 Å². The Morgan fingerprint density at radius 3 is 2.72 bits per heavy atom. The van der Waals surface area contributed by atoms with E-state index >= 15 is 0 Å². The quantitative estimate of drug-likeness (QED) is 0.919. The number of aromatic nitrogens is 2. The van der Waals surface area contributed by atoms with Crippen molar-refractivity contribution in [2.75, 3.05) is 43.0 Å². The predicted octanol–water partition coefficient (Wildman–Crippen LogP) is 2.64. The predicted molar refractivity (Wildman–Crippen MR) is 92.5 cm³/mol. The Morgan fingerprint density at radius 2 is 2.00 bits per heavy atom. The molecule has 1 amide bonds. The highest BCUT2D eigenvalue weighted by molar-refractivity contribution is 5.68. The molecule has 0 unspecified atom stereocenters. The number of anilines is 3. The van der Waals surface area contributed by atoms with Crippen molar-refractivity contribution in [2.45, 2.75) is 6.92 Å². The van der Waals surface area contributed by atoms with Crippen molar-refractivity contribution in [3.05, 3.63) is 42.3 Å². The van der Waals surface area contributed by atoms with Gasteiger partial charge in [0.05, 0.1) is 12.3 Å². The van der Waals surface area contributed by atoms with Gasteiger partial charge in [-0.2, -0.15) is 4.98 Å². The molecule has 7 nitrogen and oxygen atoms in total. The normalized spacial score (nSPS) is 14.3. The number of nitrogens with zero attached hydrogens (tertiary/aromatic N) is 4. The Kier molecular flexibility index (Phi) is 5.27. The van der Waals surface area contributed by atoms with Crippen LogP contribution in [0.4, 0.5) is 26.6 Å². The molecule has 0 radical (unpaired) electrons. The minimum absolute atomic E-state index is 0.285. The van der Waals surface area contributed by atoms with Crippen LogP contribution in [-0.4, -0.2) is 53.7 Å². The topological polar surface area (TPSA) is 70.6 Å². The van der Waals surface area contributed by atoms with Gasteiger partial charge in [-0.3, -0.25) is 0 Å². The maximum Gasteiger partial charge on any atom is 0.409 e. The summed E-state index contributed by atoms with van der Waals surface area (Å²) in [7, 11) is 0. The molecular formula is C17H20FN5O2. The van der Waals surface area contributed by atoms with Crippen LogP contribution < -0.4 is 10.2 Å². The number of para-hydroxylation sites is 1. The van der Waals surface area contributed by atoms with Gasteiger partial charge < -0.3 is 19.9 Å². The molecule has 25 heavy (non-hydrogen) atoms. The molecular weight excluding hydrogens is 325 g/mol. The summed E-state index contributed by atoms with van der Waals surface area (Å²) in [5, 5.41) is 2.89. The highest BCUT2D eigenvalue weighted by Crippen LogP contribution is 2.19. The third-order valence-electron chi connectivity index (χ3n) is 3.89. The van der Waals surface area contributed by atoms with Crippen LogP contribution in [0.15, 0.2) is 36.5 Å². The number of rotatable bonds is 4. The van der Waals surface area contributed by atoms with E-state index in [-0.39, 0.29) is 11.9 Å². The van der Waals surface area contributed by atoms with Crippen LogP contribution in [0, 0.1) is 5.82 Å². The lowest BCUT2D eigenvalue weighted by Crippen LogP contribution is -2.49. The maximum absolute atomic E-state index is 13.7. The number of halogens is 1. The average Bonchev–Trinajstić information content (AvgIpc) is 2.64. The molecule has 8 heteroatoms. The standard InChI is InChI=1S/C17H20FN5O2/c1-2-25-17(24)23-11-9-22(10-12-23)15-7-8-19-16(21-15)20-14-6-4-3-5-13(14)18/h3-8H,2,9-12H2,1H3,(H,19,20,21). The van der Waals surface area contributed by atoms with Crippen molar-refractivity contribution < 1.29 is 13.9 Å². The van der Waals surface area contributed by atoms with Crippen molar-refractivity contribution in [1.29, 1.82) is 0 Å². The number of amides is 1. The summed E-state index contributed by atoms with van der Waals surface area (Å²) in [5.41, 5.74) is 0.326. The summed E-state index contributed by atoms with van der Waals surface area (Å²) < 4.78 is 18.8. The van der Waals surface area contributed by atoms with Crippen LogP contribution in [0.1, 0.15) is 6.92 Å². The van der Waals surface area contributed by atoms with Crippen LogP contribution >= 0.6 is 0 Å². The summed E-state index contributed by atoms with van der Waals surface area (Å²) in [6, 6.07) is 8.17. The van der Waals surface area contributed by atoms with Crippen molar-refractivity contribution in [1.82, 2.24) is 14.9 Å². The van der Waals surface area contributed by atoms with Crippen molar-refractivity contribution >= 4 is 23.5 Å². The van der Waals surface area contributed by atoms with Gasteiger partial charge in [0.2, 0.25) is 5.95 Å². The number of ether oxygens (including phenoxy) is 1. The highest BCUT2D eigenvalue weighted by Gasteiger charge is 2.22. The van der Waals surface area contributed by atoms with Gasteiger partial charge in [0, 0.05) is 32.4 Å². The van der Waals surface area contributed by atoms with E-state index in [0.29, 0.717) is 44.4 Å². The van der Waals surface area contributed by atoms with Gasteiger partial charge in [-0.1, -0.05) is 12.1 Å². The first-order valence-electron chi connectivity index (χ1n) is 8.18. The molecule has 2 aromatic rings. The summed E-state index contributed by atoms with van der Waals surface area (Å²) in [5.74, 6) is 0.701. The van der Waals surface area contributed by atoms with E-state index in [1.54, 1.807) is 42.3 Å². The number of nitrogens with one attached hydrogen (secondary N) is 1. The molecule has 132 valence electrons. The summed E-state index contributed by atoms with van der Waals surface area (Å²) >= 11 is 0. The third-order valence-corrected chi connectivity index (χ3v) is 3.89. The first-order chi connectivity index (χ1) is 12.2. The van der Waals surface area contributed by atoms with Crippen LogP contribution in [0.3, 0.4) is 0 Å². The van der Waals surface area contributed by atoms with Crippen LogP contribution in [-0.2, 0) is 4.74 Å². The fourth-order valence-electron chi connectivity index (χ4n) is 2.60. The minimum atomic E-state index is -0.362. The Labute approximate surface area is 145 Å². The van der Waals surface area contributed by atoms with E-state index in [1.165, 1.54) is 6.07 Å². The fourth-order valence-corrected chi connectivity index (χ4v) is 2.60. The lowest BCUT2D eigenvalue weighted by molar-refractivity contribution is 0.105. The Balaban J connectivity index is 1.64. The number of hydrogen-bond acceptors (Lipinski definition) is 6. The van der Waals surface area contributed by atoms with Crippen LogP contribution in [0.5, 0.6) is 0 Å². The lowest BCUT2D eigenvalue weighted by atomic mass is 10.3. The highest BCUT2D eigenvalue weighted by atomic mass is 19.1. The zero-order valence-corrected chi connectivity index (χ0v) is 14.0. The maximum atomic E-state index is 13.7. The first kappa shape index (κ1) is 16.9. The van der Waals surface area contributed by atoms with Gasteiger partial charge in [-0.15, -0.1) is 0 Å². The van der Waals surface area contributed by atoms with E-state index in [9.17, 15) is 9.18 Å². The summed E-state index contributed by atoms with van der Waals surface area (Å²) in [6.45, 7) is 4.59. The Bertz CT molecular complexity index is 734. The average molecular weight is 345 g/mol. The van der Waals surface area contributed by atoms with Gasteiger partial charge in [0.25, 0.3) is 0 Å². The lowest BCUT2D eigenvalue weighted by Gasteiger charge is -2.34. The molecule has 1 saturated heterocycles. The SMILES string of the molecule is CCOC(=O)N1CCN(c2ccnc(Nc3ccccc3F)n2)CC1. The van der Waals surface area contributed by atoms with Crippen LogP contribution in [0.2, 0.25) is 0 Å². The summed E-state index contributed by atoms with van der Waals surface area (Å²) in [4.78, 5) is 24.1. The van der Waals surface area contributed by atoms with Crippen molar-refractivity contribution in [3.63, 3.8) is 0 Å². The van der Waals surface area contributed by atoms with Crippen molar-refractivity contribution in [2.24, 2.45) is 0 Å². The van der Waals surface area contributed by atoms with Gasteiger partial charge in [0.15, 0.2) is 0 Å². The number of carbonyl (C=O) groups excluding carboxylic acids is 1. The van der Waals surface area contributed by atoms with E-state index in [1.807, 2.05) is 0 Å². The molecule has 0 saturated carbocycles. The van der Waals surface area contributed by atoms with Gasteiger partial charge >= 0.3 is 6.09 Å². The Hall–Kier alpha value is -2.90. The third kappa shape index (κ3) is 4.14. The smallest absolute Gasteiger partial charge is 0.409 e. The zero-order chi connectivity index (χ0) is 17.6. The zero-order valence-electron chi connectivity index (χ0n) is 14.0. The van der Waals surface area contributed by atoms with Crippen LogP contribution in [0.25, 0.3) is 0 Å². The van der Waals surface area contributed by atoms with E-state index in [2.05, 4.69) is 20.2 Å². The van der Waals surface area contributed by atoms with E-state index < -0.39 is 0 Å². The monoisotopic (exact) mass is 345 g/mol. The Morgan fingerprint density at radius 1 is 1.24 bits per heavy atom. The molecule has 1 aliphatic heterocycles. The van der Waals surface area contributed by atoms with Gasteiger partial charge in [-0.25, -0.2) is 14.2 Å². The number of benzene rings is 1. The van der Waals surface area contributed by atoms with E-state index in [4.69, 9.17) is 4.74 Å². The molecule has 0 atom stereocenters. The molecule has 1 fully saturated rings. The molecule has 1 N–H and O–H groups in total. The molecule has 0 bridgehead atoms. The number of hydrogen-bond donors (Lipinski definition) is 1. The summed E-state index contributed by atoms with van der Waals surface area (Å²) in [6.07, 6.45) is 1.34. The molecule has 1 aliphatic rings. The second-order valence-electron chi connectivity index (χ2n) is 5.52. The minimum Gasteiger partial charge on any atom is -0.450 e. The second kappa shape index (κ2) is 7.78. The van der Waals surface area contributed by atoms with Crippen molar-refractivity contribution in [3.8, 4) is 0 Å². The van der Waals surface area contributed by atoms with Gasteiger partial charge in [0.1, 0.15) is 11.6 Å². The largest absolute Gasteiger partial charge is 0.450 e. The number of carbonyl (C=O) groups is 1. The van der Waals surface area contributed by atoms with E-state index in [0.717, 1.165) is 5.82 Å². The molecule has 1 aromatic heterocycles. The fraction of sp³-hybridized carbons (Fsp3) is 0.353. The molecule has 2 heterocycles.